The van der Waals surface area contributed by atoms with Crippen molar-refractivity contribution in [2.45, 2.75) is 13.2 Å². The Morgan fingerprint density at radius 2 is 1.75 bits per heavy atom. The highest BCUT2D eigenvalue weighted by atomic mass is 16.5. The highest BCUT2D eigenvalue weighted by Crippen LogP contribution is 2.20. The Balaban J connectivity index is 2.00. The molecule has 0 atom stereocenters. The summed E-state index contributed by atoms with van der Waals surface area (Å²) in [7, 11) is 1.63. The average Bonchev–Trinajstić information content (AvgIpc) is 2.52. The molecular weight excluding hydrogens is 256 g/mol. The highest BCUT2D eigenvalue weighted by molar-refractivity contribution is 5.40. The number of para-hydroxylation sites is 1. The quantitative estimate of drug-likeness (QED) is 0.776. The number of ether oxygens (including phenoxy) is 3. The minimum atomic E-state index is 0.155. The third kappa shape index (κ3) is 3.75. The van der Waals surface area contributed by atoms with Gasteiger partial charge in [0.2, 0.25) is 0 Å². The maximum absolute atomic E-state index is 10.1. The summed E-state index contributed by atoms with van der Waals surface area (Å²) in [6, 6.07) is 15.1. The number of hydrogen-bond donors (Lipinski definition) is 0. The van der Waals surface area contributed by atoms with Gasteiger partial charge in [0.05, 0.1) is 7.11 Å². The SMILES string of the molecule is COc1ccc(COc2ccccc2CO[C]=O)cc1. The molecule has 0 fully saturated rings. The minimum absolute atomic E-state index is 0.155. The molecule has 2 aromatic carbocycles. The van der Waals surface area contributed by atoms with Crippen LogP contribution in [0.1, 0.15) is 11.1 Å². The first-order valence-electron chi connectivity index (χ1n) is 6.16. The summed E-state index contributed by atoms with van der Waals surface area (Å²) in [4.78, 5) is 10.1. The van der Waals surface area contributed by atoms with Crippen LogP contribution in [0.5, 0.6) is 11.5 Å². The van der Waals surface area contributed by atoms with E-state index in [1.165, 1.54) is 6.47 Å². The van der Waals surface area contributed by atoms with E-state index in [9.17, 15) is 4.79 Å². The monoisotopic (exact) mass is 271 g/mol. The van der Waals surface area contributed by atoms with Crippen LogP contribution in [0, 0.1) is 0 Å². The van der Waals surface area contributed by atoms with Crippen LogP contribution in [-0.2, 0) is 22.7 Å². The Morgan fingerprint density at radius 3 is 2.45 bits per heavy atom. The van der Waals surface area contributed by atoms with Crippen molar-refractivity contribution in [3.8, 4) is 11.5 Å². The van der Waals surface area contributed by atoms with Crippen LogP contribution in [0.4, 0.5) is 0 Å². The van der Waals surface area contributed by atoms with Gasteiger partial charge in [0.15, 0.2) is 0 Å². The van der Waals surface area contributed by atoms with E-state index in [0.717, 1.165) is 16.9 Å². The smallest absolute Gasteiger partial charge is 0.417 e. The second-order valence-corrected chi connectivity index (χ2v) is 4.12. The van der Waals surface area contributed by atoms with E-state index in [2.05, 4.69) is 4.74 Å². The molecule has 0 aliphatic heterocycles. The molecular formula is C16H15O4. The van der Waals surface area contributed by atoms with Gasteiger partial charge < -0.3 is 14.2 Å². The minimum Gasteiger partial charge on any atom is -0.497 e. The lowest BCUT2D eigenvalue weighted by Crippen LogP contribution is -2.00. The summed E-state index contributed by atoms with van der Waals surface area (Å²) in [6.45, 7) is 2.00. The first-order valence-corrected chi connectivity index (χ1v) is 6.16. The van der Waals surface area contributed by atoms with Crippen molar-refractivity contribution in [1.82, 2.24) is 0 Å². The molecule has 20 heavy (non-hydrogen) atoms. The van der Waals surface area contributed by atoms with Gasteiger partial charge >= 0.3 is 6.47 Å². The highest BCUT2D eigenvalue weighted by Gasteiger charge is 2.04. The van der Waals surface area contributed by atoms with Crippen LogP contribution in [-0.4, -0.2) is 13.6 Å². The molecule has 0 aliphatic rings. The largest absolute Gasteiger partial charge is 0.497 e. The predicted molar refractivity (Wildman–Crippen MR) is 74.3 cm³/mol. The van der Waals surface area contributed by atoms with Crippen molar-refractivity contribution in [3.63, 3.8) is 0 Å². The summed E-state index contributed by atoms with van der Waals surface area (Å²) < 4.78 is 15.5. The zero-order valence-corrected chi connectivity index (χ0v) is 11.2. The lowest BCUT2D eigenvalue weighted by molar-refractivity contribution is 0.251. The molecule has 0 spiro atoms. The van der Waals surface area contributed by atoms with Gasteiger partial charge in [-0.05, 0) is 23.8 Å². The van der Waals surface area contributed by atoms with Crippen LogP contribution >= 0.6 is 0 Å². The Kier molecular flexibility index (Phi) is 5.00. The Labute approximate surface area is 117 Å². The normalized spacial score (nSPS) is 9.85. The number of carbonyl (C=O) groups excluding carboxylic acids is 1. The van der Waals surface area contributed by atoms with Crippen LogP contribution in [0.25, 0.3) is 0 Å². The molecule has 0 heterocycles. The Hall–Kier alpha value is -2.49. The Morgan fingerprint density at radius 1 is 1.00 bits per heavy atom. The molecule has 2 aromatic rings. The Bertz CT molecular complexity index is 549. The molecule has 0 aromatic heterocycles. The number of methoxy groups -OCH3 is 1. The fraction of sp³-hybridized carbons (Fsp3) is 0.188. The van der Waals surface area contributed by atoms with E-state index >= 15 is 0 Å². The maximum Gasteiger partial charge on any atom is 0.417 e. The standard InChI is InChI=1S/C16H15O4/c1-18-15-8-6-13(7-9-15)10-20-16-5-3-2-4-14(16)11-19-12-17/h2-9H,10-11H2,1H3. The van der Waals surface area contributed by atoms with Gasteiger partial charge in [0.1, 0.15) is 24.7 Å². The van der Waals surface area contributed by atoms with Crippen molar-refractivity contribution in [3.05, 3.63) is 59.7 Å². The zero-order valence-electron chi connectivity index (χ0n) is 11.2. The first-order chi connectivity index (χ1) is 9.83. The lowest BCUT2D eigenvalue weighted by Gasteiger charge is -2.11. The molecule has 1 radical (unpaired) electrons. The average molecular weight is 271 g/mol. The van der Waals surface area contributed by atoms with Crippen LogP contribution in [0.2, 0.25) is 0 Å². The topological polar surface area (TPSA) is 44.8 Å². The molecule has 0 bridgehead atoms. The van der Waals surface area contributed by atoms with Gasteiger partial charge in [-0.3, -0.25) is 0 Å². The number of benzene rings is 2. The van der Waals surface area contributed by atoms with Gasteiger partial charge in [-0.1, -0.05) is 30.3 Å². The summed E-state index contributed by atoms with van der Waals surface area (Å²) in [5.41, 5.74) is 1.84. The van der Waals surface area contributed by atoms with E-state index in [1.54, 1.807) is 7.11 Å². The molecule has 103 valence electrons. The van der Waals surface area contributed by atoms with Crippen molar-refractivity contribution < 1.29 is 19.0 Å². The summed E-state index contributed by atoms with van der Waals surface area (Å²) in [6.07, 6.45) is 0. The van der Waals surface area contributed by atoms with Gasteiger partial charge in [0, 0.05) is 5.56 Å². The summed E-state index contributed by atoms with van der Waals surface area (Å²) >= 11 is 0. The molecule has 0 saturated heterocycles. The van der Waals surface area contributed by atoms with Gasteiger partial charge in [-0.15, -0.1) is 0 Å². The second-order valence-electron chi connectivity index (χ2n) is 4.12. The van der Waals surface area contributed by atoms with Crippen molar-refractivity contribution in [1.29, 1.82) is 0 Å². The molecule has 0 saturated carbocycles. The van der Waals surface area contributed by atoms with E-state index in [-0.39, 0.29) is 6.61 Å². The van der Waals surface area contributed by atoms with Crippen molar-refractivity contribution >= 4 is 6.47 Å². The predicted octanol–water partition coefficient (Wildman–Crippen LogP) is 2.86. The molecule has 0 N–H and O–H groups in total. The molecule has 2 rings (SSSR count). The molecule has 4 heteroatoms. The van der Waals surface area contributed by atoms with Gasteiger partial charge in [-0.2, -0.15) is 0 Å². The second kappa shape index (κ2) is 7.19. The van der Waals surface area contributed by atoms with Crippen LogP contribution in [0.3, 0.4) is 0 Å². The molecule has 0 amide bonds. The third-order valence-electron chi connectivity index (χ3n) is 2.81. The van der Waals surface area contributed by atoms with E-state index in [1.807, 2.05) is 48.5 Å². The van der Waals surface area contributed by atoms with Crippen LogP contribution < -0.4 is 9.47 Å². The fourth-order valence-electron chi connectivity index (χ4n) is 1.75. The van der Waals surface area contributed by atoms with Gasteiger partial charge in [-0.25, -0.2) is 4.79 Å². The van der Waals surface area contributed by atoms with Gasteiger partial charge in [0.25, 0.3) is 0 Å². The first kappa shape index (κ1) is 13.9. The lowest BCUT2D eigenvalue weighted by atomic mass is 10.2. The van der Waals surface area contributed by atoms with Crippen molar-refractivity contribution in [2.24, 2.45) is 0 Å². The van der Waals surface area contributed by atoms with E-state index in [0.29, 0.717) is 12.4 Å². The van der Waals surface area contributed by atoms with Crippen LogP contribution in [0.15, 0.2) is 48.5 Å². The zero-order chi connectivity index (χ0) is 14.2. The summed E-state index contributed by atoms with van der Waals surface area (Å²) in [5.74, 6) is 1.50. The molecule has 0 unspecified atom stereocenters. The van der Waals surface area contributed by atoms with E-state index < -0.39 is 0 Å². The van der Waals surface area contributed by atoms with Crippen molar-refractivity contribution in [2.75, 3.05) is 7.11 Å². The maximum atomic E-state index is 10.1. The molecule has 4 nitrogen and oxygen atoms in total. The summed E-state index contributed by atoms with van der Waals surface area (Å²) in [5, 5.41) is 0. The third-order valence-corrected chi connectivity index (χ3v) is 2.81. The number of rotatable bonds is 7. The number of hydrogen-bond acceptors (Lipinski definition) is 4. The van der Waals surface area contributed by atoms with E-state index in [4.69, 9.17) is 9.47 Å². The molecule has 0 aliphatic carbocycles. The fourth-order valence-corrected chi connectivity index (χ4v) is 1.75.